The first kappa shape index (κ1) is 24.1. The van der Waals surface area contributed by atoms with Gasteiger partial charge in [-0.15, -0.1) is 11.3 Å². The fourth-order valence-electron chi connectivity index (χ4n) is 3.83. The van der Waals surface area contributed by atoms with Gasteiger partial charge in [0.15, 0.2) is 0 Å². The maximum atomic E-state index is 13.4. The van der Waals surface area contributed by atoms with E-state index in [0.29, 0.717) is 25.6 Å². The highest BCUT2D eigenvalue weighted by Crippen LogP contribution is 2.34. The summed E-state index contributed by atoms with van der Waals surface area (Å²) in [5, 5.41) is 5.02. The van der Waals surface area contributed by atoms with E-state index in [-0.39, 0.29) is 30.6 Å². The van der Waals surface area contributed by atoms with E-state index in [1.54, 1.807) is 16.2 Å². The lowest BCUT2D eigenvalue weighted by atomic mass is 10.0. The Balaban J connectivity index is 1.74. The number of thiophene rings is 1. The Morgan fingerprint density at radius 1 is 1.19 bits per heavy atom. The molecule has 1 aromatic heterocycles. The molecule has 1 aliphatic rings. The molecule has 0 saturated carbocycles. The highest BCUT2D eigenvalue weighted by molar-refractivity contribution is 7.10. The van der Waals surface area contributed by atoms with Gasteiger partial charge >= 0.3 is 6.03 Å². The number of ether oxygens (including phenoxy) is 1. The standard InChI is InChI=1S/C25H35N3O3S/c1-18(2)10-13-27(25(30)26-19(3)4)16-24(29)28-14-11-23-21(12-15-32-23)22(28)17-31-20-8-6-5-7-9-20/h5-9,12,15,18-19,22H,10-11,13-14,16-17H2,1-4H3,(H,26,30). The average molecular weight is 458 g/mol. The van der Waals surface area contributed by atoms with E-state index < -0.39 is 0 Å². The lowest BCUT2D eigenvalue weighted by molar-refractivity contribution is -0.135. The van der Waals surface area contributed by atoms with E-state index in [0.717, 1.165) is 24.2 Å². The molecule has 2 heterocycles. The number of carbonyl (C=O) groups is 2. The Morgan fingerprint density at radius 2 is 1.94 bits per heavy atom. The summed E-state index contributed by atoms with van der Waals surface area (Å²) in [7, 11) is 0. The van der Waals surface area contributed by atoms with Crippen molar-refractivity contribution in [2.45, 2.75) is 52.6 Å². The topological polar surface area (TPSA) is 61.9 Å². The monoisotopic (exact) mass is 457 g/mol. The number of nitrogens with zero attached hydrogens (tertiary/aromatic N) is 2. The molecule has 1 atom stereocenters. The van der Waals surface area contributed by atoms with Gasteiger partial charge in [-0.3, -0.25) is 4.79 Å². The van der Waals surface area contributed by atoms with E-state index >= 15 is 0 Å². The Kier molecular flexibility index (Phi) is 8.56. The SMILES string of the molecule is CC(C)CCN(CC(=O)N1CCc2sccc2C1COc1ccccc1)C(=O)NC(C)C. The van der Waals surface area contributed by atoms with Gasteiger partial charge in [0, 0.05) is 24.0 Å². The molecular weight excluding hydrogens is 422 g/mol. The molecule has 0 spiro atoms. The Hall–Kier alpha value is -2.54. The van der Waals surface area contributed by atoms with Crippen LogP contribution >= 0.6 is 11.3 Å². The Morgan fingerprint density at radius 3 is 2.62 bits per heavy atom. The van der Waals surface area contributed by atoms with Gasteiger partial charge < -0.3 is 19.9 Å². The predicted molar refractivity (Wildman–Crippen MR) is 129 cm³/mol. The Labute approximate surface area is 195 Å². The molecule has 32 heavy (non-hydrogen) atoms. The van der Waals surface area contributed by atoms with Crippen LogP contribution in [0.3, 0.4) is 0 Å². The fraction of sp³-hybridized carbons (Fsp3) is 0.520. The maximum absolute atomic E-state index is 13.4. The van der Waals surface area contributed by atoms with Crippen LogP contribution in [0.2, 0.25) is 0 Å². The highest BCUT2D eigenvalue weighted by Gasteiger charge is 2.33. The molecule has 0 bridgehead atoms. The summed E-state index contributed by atoms with van der Waals surface area (Å²) in [6.07, 6.45) is 1.69. The van der Waals surface area contributed by atoms with Gasteiger partial charge in [0.2, 0.25) is 5.91 Å². The zero-order chi connectivity index (χ0) is 23.1. The van der Waals surface area contributed by atoms with Crippen LogP contribution in [-0.4, -0.2) is 54.0 Å². The van der Waals surface area contributed by atoms with Crippen molar-refractivity contribution in [1.29, 1.82) is 0 Å². The normalized spacial score (nSPS) is 15.6. The number of benzene rings is 1. The van der Waals surface area contributed by atoms with Crippen molar-refractivity contribution in [1.82, 2.24) is 15.1 Å². The van der Waals surface area contributed by atoms with Gasteiger partial charge in [-0.2, -0.15) is 0 Å². The van der Waals surface area contributed by atoms with Crippen LogP contribution < -0.4 is 10.1 Å². The lowest BCUT2D eigenvalue weighted by Gasteiger charge is -2.37. The molecule has 3 rings (SSSR count). The number of rotatable bonds is 9. The second-order valence-corrected chi connectivity index (χ2v) is 9.99. The fourth-order valence-corrected chi connectivity index (χ4v) is 4.75. The maximum Gasteiger partial charge on any atom is 0.318 e. The summed E-state index contributed by atoms with van der Waals surface area (Å²) in [6.45, 7) is 9.78. The average Bonchev–Trinajstić information content (AvgIpc) is 3.24. The summed E-state index contributed by atoms with van der Waals surface area (Å²) < 4.78 is 6.05. The van der Waals surface area contributed by atoms with Gasteiger partial charge in [0.25, 0.3) is 0 Å². The van der Waals surface area contributed by atoms with E-state index in [9.17, 15) is 9.59 Å². The third-order valence-electron chi connectivity index (χ3n) is 5.57. The van der Waals surface area contributed by atoms with Gasteiger partial charge in [-0.25, -0.2) is 4.79 Å². The summed E-state index contributed by atoms with van der Waals surface area (Å²) >= 11 is 1.73. The molecule has 3 amide bonds. The summed E-state index contributed by atoms with van der Waals surface area (Å²) in [4.78, 5) is 31.1. The van der Waals surface area contributed by atoms with Gasteiger partial charge in [-0.1, -0.05) is 32.0 Å². The minimum Gasteiger partial charge on any atom is -0.491 e. The lowest BCUT2D eigenvalue weighted by Crippen LogP contribution is -2.51. The third kappa shape index (κ3) is 6.48. The van der Waals surface area contributed by atoms with Crippen molar-refractivity contribution < 1.29 is 14.3 Å². The summed E-state index contributed by atoms with van der Waals surface area (Å²) in [5.74, 6) is 1.21. The first-order valence-electron chi connectivity index (χ1n) is 11.4. The number of hydrogen-bond donors (Lipinski definition) is 1. The molecule has 1 N–H and O–H groups in total. The quantitative estimate of drug-likeness (QED) is 0.593. The minimum absolute atomic E-state index is 0.0227. The van der Waals surface area contributed by atoms with Crippen LogP contribution in [0.1, 0.15) is 50.6 Å². The third-order valence-corrected chi connectivity index (χ3v) is 6.56. The minimum atomic E-state index is -0.181. The van der Waals surface area contributed by atoms with Crippen molar-refractivity contribution in [3.8, 4) is 5.75 Å². The van der Waals surface area contributed by atoms with Crippen molar-refractivity contribution >= 4 is 23.3 Å². The molecular formula is C25H35N3O3S. The highest BCUT2D eigenvalue weighted by atomic mass is 32.1. The second kappa shape index (κ2) is 11.4. The van der Waals surface area contributed by atoms with Gasteiger partial charge in [0.05, 0.1) is 6.04 Å². The Bertz CT molecular complexity index is 882. The van der Waals surface area contributed by atoms with E-state index in [1.165, 1.54) is 4.88 Å². The van der Waals surface area contributed by atoms with Crippen LogP contribution in [0.4, 0.5) is 4.79 Å². The van der Waals surface area contributed by atoms with Crippen LogP contribution in [-0.2, 0) is 11.2 Å². The number of amides is 3. The molecule has 1 aliphatic heterocycles. The van der Waals surface area contributed by atoms with Gasteiger partial charge in [-0.05, 0) is 61.7 Å². The predicted octanol–water partition coefficient (Wildman–Crippen LogP) is 4.72. The van der Waals surface area contributed by atoms with Crippen LogP contribution in [0.25, 0.3) is 0 Å². The molecule has 0 radical (unpaired) electrons. The summed E-state index contributed by atoms with van der Waals surface area (Å²) in [5.41, 5.74) is 1.16. The number of nitrogens with one attached hydrogen (secondary N) is 1. The first-order chi connectivity index (χ1) is 15.3. The van der Waals surface area contributed by atoms with E-state index in [1.807, 2.05) is 49.1 Å². The zero-order valence-electron chi connectivity index (χ0n) is 19.5. The molecule has 1 unspecified atom stereocenters. The number of carbonyl (C=O) groups excluding carboxylic acids is 2. The smallest absolute Gasteiger partial charge is 0.318 e. The number of para-hydroxylation sites is 1. The largest absolute Gasteiger partial charge is 0.491 e. The van der Waals surface area contributed by atoms with Crippen molar-refractivity contribution in [3.05, 3.63) is 52.2 Å². The zero-order valence-corrected chi connectivity index (χ0v) is 20.4. The first-order valence-corrected chi connectivity index (χ1v) is 12.3. The van der Waals surface area contributed by atoms with Crippen molar-refractivity contribution in [2.24, 2.45) is 5.92 Å². The number of fused-ring (bicyclic) bond motifs is 1. The molecule has 6 nitrogen and oxygen atoms in total. The molecule has 2 aromatic rings. The molecule has 174 valence electrons. The van der Waals surface area contributed by atoms with Crippen LogP contribution in [0.5, 0.6) is 5.75 Å². The van der Waals surface area contributed by atoms with Crippen LogP contribution in [0, 0.1) is 5.92 Å². The molecule has 0 saturated heterocycles. The number of hydrogen-bond acceptors (Lipinski definition) is 4. The molecule has 7 heteroatoms. The molecule has 1 aromatic carbocycles. The van der Waals surface area contributed by atoms with Crippen LogP contribution in [0.15, 0.2) is 41.8 Å². The molecule has 0 aliphatic carbocycles. The van der Waals surface area contributed by atoms with Gasteiger partial charge in [0.1, 0.15) is 18.9 Å². The van der Waals surface area contributed by atoms with E-state index in [2.05, 4.69) is 30.6 Å². The second-order valence-electron chi connectivity index (χ2n) is 8.98. The van der Waals surface area contributed by atoms with E-state index in [4.69, 9.17) is 4.74 Å². The number of urea groups is 1. The molecule has 0 fully saturated rings. The summed E-state index contributed by atoms with van der Waals surface area (Å²) in [6, 6.07) is 11.5. The van der Waals surface area contributed by atoms with Crippen molar-refractivity contribution in [3.63, 3.8) is 0 Å². The van der Waals surface area contributed by atoms with Crippen molar-refractivity contribution in [2.75, 3.05) is 26.2 Å².